The number of rotatable bonds is 5. The quantitative estimate of drug-likeness (QED) is 0.743. The summed E-state index contributed by atoms with van der Waals surface area (Å²) in [6, 6.07) is 0.152. The molecule has 0 aromatic carbocycles. The number of piperazine rings is 1. The average Bonchev–Trinajstić information content (AvgIpc) is 2.23. The first-order valence-corrected chi connectivity index (χ1v) is 6.50. The smallest absolute Gasteiger partial charge is 0.248 e. The Kier molecular flexibility index (Phi) is 4.54. The molecule has 1 aliphatic heterocycles. The van der Waals surface area contributed by atoms with E-state index in [4.69, 9.17) is 0 Å². The molecule has 0 saturated carbocycles. The van der Waals surface area contributed by atoms with Gasteiger partial charge < -0.3 is 10.2 Å². The molecule has 98 valence electrons. The SMILES string of the molecule is CCCCCC(C)N1CC(=O)NC(C)(C)C1=O. The zero-order valence-corrected chi connectivity index (χ0v) is 11.4. The summed E-state index contributed by atoms with van der Waals surface area (Å²) in [5, 5.41) is 2.73. The molecule has 2 amide bonds. The van der Waals surface area contributed by atoms with Crippen molar-refractivity contribution in [2.24, 2.45) is 0 Å². The van der Waals surface area contributed by atoms with Gasteiger partial charge in [-0.3, -0.25) is 9.59 Å². The summed E-state index contributed by atoms with van der Waals surface area (Å²) in [4.78, 5) is 25.5. The maximum atomic E-state index is 12.2. The van der Waals surface area contributed by atoms with E-state index in [0.29, 0.717) is 0 Å². The Morgan fingerprint density at radius 1 is 1.35 bits per heavy atom. The zero-order valence-electron chi connectivity index (χ0n) is 11.4. The van der Waals surface area contributed by atoms with E-state index in [1.54, 1.807) is 18.7 Å². The number of nitrogens with zero attached hydrogens (tertiary/aromatic N) is 1. The fourth-order valence-electron chi connectivity index (χ4n) is 2.23. The van der Waals surface area contributed by atoms with E-state index in [0.717, 1.165) is 12.8 Å². The second kappa shape index (κ2) is 5.52. The molecule has 1 unspecified atom stereocenters. The zero-order chi connectivity index (χ0) is 13.1. The van der Waals surface area contributed by atoms with Gasteiger partial charge in [-0.25, -0.2) is 0 Å². The lowest BCUT2D eigenvalue weighted by Gasteiger charge is -2.40. The van der Waals surface area contributed by atoms with Gasteiger partial charge in [0.15, 0.2) is 0 Å². The number of amides is 2. The van der Waals surface area contributed by atoms with Crippen molar-refractivity contribution < 1.29 is 9.59 Å². The minimum Gasteiger partial charge on any atom is -0.341 e. The van der Waals surface area contributed by atoms with Crippen LogP contribution in [0.3, 0.4) is 0 Å². The third-order valence-corrected chi connectivity index (χ3v) is 3.32. The normalized spacial score (nSPS) is 21.3. The second-order valence-corrected chi connectivity index (χ2v) is 5.45. The summed E-state index contributed by atoms with van der Waals surface area (Å²) in [5.74, 6) is -0.0296. The highest BCUT2D eigenvalue weighted by atomic mass is 16.2. The highest BCUT2D eigenvalue weighted by molar-refractivity contribution is 5.97. The summed E-state index contributed by atoms with van der Waals surface area (Å²) < 4.78 is 0. The molecule has 1 heterocycles. The standard InChI is InChI=1S/C13H24N2O2/c1-5-6-7-8-10(2)15-9-11(16)14-13(3,4)12(15)17/h10H,5-9H2,1-4H3,(H,14,16). The van der Waals surface area contributed by atoms with Crippen LogP contribution in [0.1, 0.15) is 53.4 Å². The van der Waals surface area contributed by atoms with Crippen LogP contribution in [0.15, 0.2) is 0 Å². The molecule has 1 N–H and O–H groups in total. The number of hydrogen-bond acceptors (Lipinski definition) is 2. The lowest BCUT2D eigenvalue weighted by Crippen LogP contribution is -2.65. The molecule has 4 nitrogen and oxygen atoms in total. The van der Waals surface area contributed by atoms with Crippen LogP contribution in [0.25, 0.3) is 0 Å². The van der Waals surface area contributed by atoms with Crippen LogP contribution in [-0.2, 0) is 9.59 Å². The van der Waals surface area contributed by atoms with Crippen LogP contribution in [0.2, 0.25) is 0 Å². The highest BCUT2D eigenvalue weighted by Gasteiger charge is 2.40. The van der Waals surface area contributed by atoms with Gasteiger partial charge in [0.25, 0.3) is 0 Å². The van der Waals surface area contributed by atoms with E-state index in [-0.39, 0.29) is 24.4 Å². The molecular weight excluding hydrogens is 216 g/mol. The van der Waals surface area contributed by atoms with Gasteiger partial charge in [-0.05, 0) is 27.2 Å². The molecule has 17 heavy (non-hydrogen) atoms. The van der Waals surface area contributed by atoms with Crippen molar-refractivity contribution in [1.29, 1.82) is 0 Å². The molecule has 1 saturated heterocycles. The van der Waals surface area contributed by atoms with Crippen LogP contribution in [0, 0.1) is 0 Å². The van der Waals surface area contributed by atoms with Crippen LogP contribution in [-0.4, -0.2) is 34.8 Å². The van der Waals surface area contributed by atoms with Gasteiger partial charge in [-0.1, -0.05) is 26.2 Å². The number of carbonyl (C=O) groups is 2. The van der Waals surface area contributed by atoms with Gasteiger partial charge in [-0.2, -0.15) is 0 Å². The average molecular weight is 240 g/mol. The van der Waals surface area contributed by atoms with Crippen molar-refractivity contribution >= 4 is 11.8 Å². The molecule has 0 aromatic rings. The first-order chi connectivity index (χ1) is 7.88. The molecule has 0 bridgehead atoms. The first-order valence-electron chi connectivity index (χ1n) is 6.50. The molecule has 1 atom stereocenters. The van der Waals surface area contributed by atoms with Crippen molar-refractivity contribution in [1.82, 2.24) is 10.2 Å². The van der Waals surface area contributed by atoms with Crippen LogP contribution < -0.4 is 5.32 Å². The van der Waals surface area contributed by atoms with E-state index < -0.39 is 5.54 Å². The third-order valence-electron chi connectivity index (χ3n) is 3.32. The van der Waals surface area contributed by atoms with Crippen molar-refractivity contribution in [2.75, 3.05) is 6.54 Å². The van der Waals surface area contributed by atoms with Gasteiger partial charge in [0.2, 0.25) is 11.8 Å². The number of nitrogens with one attached hydrogen (secondary N) is 1. The highest BCUT2D eigenvalue weighted by Crippen LogP contribution is 2.18. The Balaban J connectivity index is 2.62. The number of unbranched alkanes of at least 4 members (excludes halogenated alkanes) is 2. The van der Waals surface area contributed by atoms with E-state index in [9.17, 15) is 9.59 Å². The summed E-state index contributed by atoms with van der Waals surface area (Å²) in [5.41, 5.74) is -0.756. The Morgan fingerprint density at radius 2 is 2.00 bits per heavy atom. The molecular formula is C13H24N2O2. The fourth-order valence-corrected chi connectivity index (χ4v) is 2.23. The van der Waals surface area contributed by atoms with Gasteiger partial charge >= 0.3 is 0 Å². The molecule has 0 radical (unpaired) electrons. The lowest BCUT2D eigenvalue weighted by molar-refractivity contribution is -0.150. The molecule has 1 fully saturated rings. The lowest BCUT2D eigenvalue weighted by atomic mass is 9.98. The molecule has 4 heteroatoms. The molecule has 0 spiro atoms. The van der Waals surface area contributed by atoms with Crippen molar-refractivity contribution in [3.8, 4) is 0 Å². The maximum Gasteiger partial charge on any atom is 0.248 e. The van der Waals surface area contributed by atoms with Crippen molar-refractivity contribution in [3.63, 3.8) is 0 Å². The molecule has 0 aromatic heterocycles. The van der Waals surface area contributed by atoms with Crippen molar-refractivity contribution in [3.05, 3.63) is 0 Å². The third kappa shape index (κ3) is 3.45. The first kappa shape index (κ1) is 14.0. The van der Waals surface area contributed by atoms with E-state index >= 15 is 0 Å². The van der Waals surface area contributed by atoms with E-state index in [1.807, 2.05) is 6.92 Å². The molecule has 1 aliphatic rings. The second-order valence-electron chi connectivity index (χ2n) is 5.45. The fraction of sp³-hybridized carbons (Fsp3) is 0.846. The molecule has 0 aliphatic carbocycles. The Labute approximate surface area is 104 Å². The Morgan fingerprint density at radius 3 is 2.59 bits per heavy atom. The predicted octanol–water partition coefficient (Wildman–Crippen LogP) is 1.69. The largest absolute Gasteiger partial charge is 0.341 e. The van der Waals surface area contributed by atoms with E-state index in [2.05, 4.69) is 12.2 Å². The Hall–Kier alpha value is -1.06. The summed E-state index contributed by atoms with van der Waals surface area (Å²) in [6.45, 7) is 7.92. The monoisotopic (exact) mass is 240 g/mol. The van der Waals surface area contributed by atoms with E-state index in [1.165, 1.54) is 12.8 Å². The van der Waals surface area contributed by atoms with Crippen LogP contribution in [0.5, 0.6) is 0 Å². The minimum absolute atomic E-state index is 0.0288. The summed E-state index contributed by atoms with van der Waals surface area (Å²) >= 11 is 0. The topological polar surface area (TPSA) is 49.4 Å². The number of hydrogen-bond donors (Lipinski definition) is 1. The van der Waals surface area contributed by atoms with Crippen molar-refractivity contribution in [2.45, 2.75) is 65.0 Å². The minimum atomic E-state index is -0.756. The van der Waals surface area contributed by atoms with Gasteiger partial charge in [0.05, 0.1) is 6.54 Å². The summed E-state index contributed by atoms with van der Waals surface area (Å²) in [6.07, 6.45) is 4.45. The molecule has 1 rings (SSSR count). The Bertz CT molecular complexity index is 300. The predicted molar refractivity (Wildman–Crippen MR) is 67.5 cm³/mol. The van der Waals surface area contributed by atoms with Crippen LogP contribution >= 0.6 is 0 Å². The number of carbonyl (C=O) groups excluding carboxylic acids is 2. The summed E-state index contributed by atoms with van der Waals surface area (Å²) in [7, 11) is 0. The van der Waals surface area contributed by atoms with Gasteiger partial charge in [-0.15, -0.1) is 0 Å². The van der Waals surface area contributed by atoms with Crippen LogP contribution in [0.4, 0.5) is 0 Å². The van der Waals surface area contributed by atoms with Gasteiger partial charge in [0.1, 0.15) is 5.54 Å². The van der Waals surface area contributed by atoms with Gasteiger partial charge in [0, 0.05) is 6.04 Å². The maximum absolute atomic E-state index is 12.2.